The zero-order valence-corrected chi connectivity index (χ0v) is 19.4. The number of alkyl halides is 3. The van der Waals surface area contributed by atoms with Crippen LogP contribution in [0.3, 0.4) is 0 Å². The van der Waals surface area contributed by atoms with Crippen molar-refractivity contribution in [1.82, 2.24) is 9.78 Å². The zero-order chi connectivity index (χ0) is 25.3. The molecule has 11 heteroatoms. The van der Waals surface area contributed by atoms with Crippen LogP contribution < -0.4 is 5.32 Å². The Morgan fingerprint density at radius 2 is 1.59 bits per heavy atom. The van der Waals surface area contributed by atoms with Gasteiger partial charge in [-0.15, -0.1) is 0 Å². The third kappa shape index (κ3) is 5.47. The standard InChI is InChI=1S/C23H23F3N3O4P/c1-22(2,34(31,32)33)17-9-11-19(12-10-17)28-20(30)13-6-16-14-27-29(3)21(16)15-4-7-18(8-5-15)23(24,25)26/h4-14H,1-3H3,(H,28,30)(H2,31,32,33). The number of carbonyl (C=O) groups excluding carboxylic acids is 1. The van der Waals surface area contributed by atoms with Gasteiger partial charge in [-0.25, -0.2) is 0 Å². The Bertz CT molecular complexity index is 1260. The van der Waals surface area contributed by atoms with Gasteiger partial charge in [-0.3, -0.25) is 14.0 Å². The van der Waals surface area contributed by atoms with Crippen molar-refractivity contribution in [2.75, 3.05) is 5.32 Å². The molecule has 0 saturated carbocycles. The van der Waals surface area contributed by atoms with E-state index in [9.17, 15) is 32.3 Å². The van der Waals surface area contributed by atoms with E-state index in [0.717, 1.165) is 12.1 Å². The smallest absolute Gasteiger partial charge is 0.324 e. The van der Waals surface area contributed by atoms with Crippen molar-refractivity contribution in [2.45, 2.75) is 25.2 Å². The zero-order valence-electron chi connectivity index (χ0n) is 18.5. The third-order valence-electron chi connectivity index (χ3n) is 5.45. The molecule has 3 N–H and O–H groups in total. The van der Waals surface area contributed by atoms with Crippen molar-refractivity contribution >= 4 is 25.3 Å². The van der Waals surface area contributed by atoms with Crippen LogP contribution in [0.15, 0.2) is 60.8 Å². The van der Waals surface area contributed by atoms with Crippen molar-refractivity contribution in [3.8, 4) is 11.3 Å². The average Bonchev–Trinajstić information content (AvgIpc) is 3.11. The van der Waals surface area contributed by atoms with E-state index in [-0.39, 0.29) is 0 Å². The lowest BCUT2D eigenvalue weighted by Gasteiger charge is -2.26. The fraction of sp³-hybridized carbons (Fsp3) is 0.217. The van der Waals surface area contributed by atoms with Crippen molar-refractivity contribution in [2.24, 2.45) is 7.05 Å². The maximum absolute atomic E-state index is 12.8. The van der Waals surface area contributed by atoms with Gasteiger partial charge in [0, 0.05) is 29.9 Å². The third-order valence-corrected chi connectivity index (χ3v) is 7.17. The summed E-state index contributed by atoms with van der Waals surface area (Å²) >= 11 is 0. The Morgan fingerprint density at radius 1 is 1.03 bits per heavy atom. The topological polar surface area (TPSA) is 104 Å². The summed E-state index contributed by atoms with van der Waals surface area (Å²) in [5.74, 6) is -0.468. The Labute approximate surface area is 194 Å². The van der Waals surface area contributed by atoms with Crippen molar-refractivity contribution < 1.29 is 32.3 Å². The van der Waals surface area contributed by atoms with Crippen LogP contribution in [0.4, 0.5) is 18.9 Å². The summed E-state index contributed by atoms with van der Waals surface area (Å²) in [5.41, 5.74) is 1.68. The Balaban J connectivity index is 1.75. The number of hydrogen-bond acceptors (Lipinski definition) is 3. The molecule has 3 aromatic rings. The van der Waals surface area contributed by atoms with Crippen LogP contribution in [0, 0.1) is 0 Å². The quantitative estimate of drug-likeness (QED) is 0.325. The Kier molecular flexibility index (Phi) is 6.89. The molecule has 0 aliphatic heterocycles. The molecule has 1 amide bonds. The highest BCUT2D eigenvalue weighted by atomic mass is 31.2. The molecule has 0 fully saturated rings. The number of nitrogens with zero attached hydrogens (tertiary/aromatic N) is 2. The normalized spacial score (nSPS) is 12.8. The fourth-order valence-corrected chi connectivity index (χ4v) is 3.71. The van der Waals surface area contributed by atoms with Crippen LogP contribution in [-0.4, -0.2) is 25.5 Å². The SMILES string of the molecule is Cn1ncc(C=CC(=O)Nc2ccc(C(C)(C)P(=O)(O)O)cc2)c1-c1ccc(C(F)(F)F)cc1. The summed E-state index contributed by atoms with van der Waals surface area (Å²) in [6.45, 7) is 2.87. The molecule has 2 aromatic carbocycles. The molecule has 180 valence electrons. The number of rotatable bonds is 6. The van der Waals surface area contributed by atoms with Crippen molar-refractivity contribution in [1.29, 1.82) is 0 Å². The number of amides is 1. The summed E-state index contributed by atoms with van der Waals surface area (Å²) in [4.78, 5) is 31.4. The van der Waals surface area contributed by atoms with Gasteiger partial charge in [0.05, 0.1) is 22.6 Å². The van der Waals surface area contributed by atoms with E-state index in [1.54, 1.807) is 7.05 Å². The van der Waals surface area contributed by atoms with E-state index >= 15 is 0 Å². The predicted molar refractivity (Wildman–Crippen MR) is 123 cm³/mol. The fourth-order valence-electron chi connectivity index (χ4n) is 3.23. The van der Waals surface area contributed by atoms with Gasteiger partial charge < -0.3 is 15.1 Å². The number of aromatic nitrogens is 2. The second kappa shape index (κ2) is 9.21. The molecule has 0 spiro atoms. The number of aryl methyl sites for hydroxylation is 1. The minimum Gasteiger partial charge on any atom is -0.324 e. The summed E-state index contributed by atoms with van der Waals surface area (Å²) in [6, 6.07) is 10.8. The van der Waals surface area contributed by atoms with E-state index in [1.165, 1.54) is 73.3 Å². The van der Waals surface area contributed by atoms with Crippen LogP contribution in [0.1, 0.15) is 30.5 Å². The highest BCUT2D eigenvalue weighted by Crippen LogP contribution is 2.56. The van der Waals surface area contributed by atoms with Crippen LogP contribution in [0.2, 0.25) is 0 Å². The van der Waals surface area contributed by atoms with Gasteiger partial charge in [-0.05, 0) is 49.8 Å². The summed E-state index contributed by atoms with van der Waals surface area (Å²) in [7, 11) is -2.74. The number of hydrogen-bond donors (Lipinski definition) is 3. The molecule has 0 radical (unpaired) electrons. The number of halogens is 3. The number of benzene rings is 2. The summed E-state index contributed by atoms with van der Waals surface area (Å²) in [6.07, 6.45) is -0.177. The second-order valence-corrected chi connectivity index (χ2v) is 10.4. The van der Waals surface area contributed by atoms with E-state index in [0.29, 0.717) is 28.1 Å². The van der Waals surface area contributed by atoms with Crippen LogP contribution in [0.25, 0.3) is 17.3 Å². The molecule has 1 aromatic heterocycles. The van der Waals surface area contributed by atoms with E-state index in [2.05, 4.69) is 10.4 Å². The predicted octanol–water partition coefficient (Wildman–Crippen LogP) is 5.17. The largest absolute Gasteiger partial charge is 0.416 e. The maximum atomic E-state index is 12.8. The first-order chi connectivity index (χ1) is 15.7. The van der Waals surface area contributed by atoms with Crippen molar-refractivity contribution in [3.05, 3.63) is 77.5 Å². The lowest BCUT2D eigenvalue weighted by Crippen LogP contribution is -2.17. The minimum atomic E-state index is -4.43. The van der Waals surface area contributed by atoms with Gasteiger partial charge in [0.1, 0.15) is 0 Å². The van der Waals surface area contributed by atoms with Gasteiger partial charge in [0.25, 0.3) is 0 Å². The van der Waals surface area contributed by atoms with Crippen LogP contribution in [-0.2, 0) is 27.7 Å². The van der Waals surface area contributed by atoms with Gasteiger partial charge in [-0.1, -0.05) is 24.3 Å². The van der Waals surface area contributed by atoms with E-state index < -0.39 is 30.4 Å². The van der Waals surface area contributed by atoms with E-state index in [1.807, 2.05) is 0 Å². The van der Waals surface area contributed by atoms with Gasteiger partial charge in [-0.2, -0.15) is 18.3 Å². The van der Waals surface area contributed by atoms with Crippen LogP contribution >= 0.6 is 7.60 Å². The number of carbonyl (C=O) groups is 1. The summed E-state index contributed by atoms with van der Waals surface area (Å²) in [5, 5.41) is 5.40. The lowest BCUT2D eigenvalue weighted by molar-refractivity contribution is -0.137. The number of nitrogens with one attached hydrogen (secondary N) is 1. The average molecular weight is 493 g/mol. The molecule has 0 unspecified atom stereocenters. The molecule has 34 heavy (non-hydrogen) atoms. The van der Waals surface area contributed by atoms with Gasteiger partial charge in [0.15, 0.2) is 0 Å². The molecule has 3 rings (SSSR count). The molecule has 7 nitrogen and oxygen atoms in total. The molecule has 1 heterocycles. The lowest BCUT2D eigenvalue weighted by atomic mass is 10.0. The minimum absolute atomic E-state index is 0.422. The monoisotopic (exact) mass is 493 g/mol. The maximum Gasteiger partial charge on any atom is 0.416 e. The van der Waals surface area contributed by atoms with Crippen LogP contribution in [0.5, 0.6) is 0 Å². The Hall–Kier alpha value is -3.20. The first kappa shape index (κ1) is 25.4. The molecule has 0 bridgehead atoms. The first-order valence-electron chi connectivity index (χ1n) is 10.0. The first-order valence-corrected chi connectivity index (χ1v) is 11.7. The molecule has 0 atom stereocenters. The molecular formula is C23H23F3N3O4P. The van der Waals surface area contributed by atoms with Crippen molar-refractivity contribution in [3.63, 3.8) is 0 Å². The Morgan fingerprint density at radius 3 is 2.12 bits per heavy atom. The molecule has 0 aliphatic carbocycles. The van der Waals surface area contributed by atoms with Gasteiger partial charge in [0.2, 0.25) is 5.91 Å². The number of anilines is 1. The molecule has 0 saturated heterocycles. The molecule has 0 aliphatic rings. The highest BCUT2D eigenvalue weighted by molar-refractivity contribution is 7.53. The highest BCUT2D eigenvalue weighted by Gasteiger charge is 2.39. The van der Waals surface area contributed by atoms with E-state index in [4.69, 9.17) is 0 Å². The second-order valence-electron chi connectivity index (χ2n) is 8.15. The summed E-state index contributed by atoms with van der Waals surface area (Å²) < 4.78 is 51.7. The van der Waals surface area contributed by atoms with Gasteiger partial charge >= 0.3 is 13.8 Å². The molecular weight excluding hydrogens is 470 g/mol.